The second kappa shape index (κ2) is 10.9. The van der Waals surface area contributed by atoms with E-state index in [0.29, 0.717) is 17.8 Å². The molecule has 3 aromatic carbocycles. The van der Waals surface area contributed by atoms with Gasteiger partial charge in [-0.05, 0) is 61.7 Å². The Bertz CT molecular complexity index is 1190. The number of nitrogens with zero attached hydrogens (tertiary/aromatic N) is 1. The first kappa shape index (κ1) is 24.9. The highest BCUT2D eigenvalue weighted by atomic mass is 32.2. The molecule has 0 fully saturated rings. The van der Waals surface area contributed by atoms with Gasteiger partial charge < -0.3 is 5.32 Å². The third-order valence-corrected chi connectivity index (χ3v) is 7.58. The molecule has 0 saturated heterocycles. The lowest BCUT2D eigenvalue weighted by atomic mass is 10.1. The largest absolute Gasteiger partial charge is 0.324 e. The lowest BCUT2D eigenvalue weighted by Crippen LogP contribution is -2.47. The van der Waals surface area contributed by atoms with E-state index in [9.17, 15) is 13.2 Å². The second-order valence-corrected chi connectivity index (χ2v) is 11.0. The van der Waals surface area contributed by atoms with E-state index >= 15 is 0 Å². The Labute approximate surface area is 201 Å². The lowest BCUT2D eigenvalue weighted by Gasteiger charge is -2.30. The van der Waals surface area contributed by atoms with Gasteiger partial charge in [-0.2, -0.15) is 0 Å². The van der Waals surface area contributed by atoms with Gasteiger partial charge in [0.15, 0.2) is 0 Å². The van der Waals surface area contributed by atoms with Crippen LogP contribution in [0.5, 0.6) is 0 Å². The Morgan fingerprint density at radius 1 is 1.00 bits per heavy atom. The Balaban J connectivity index is 1.76. The Morgan fingerprint density at radius 3 is 2.24 bits per heavy atom. The Hall–Kier alpha value is -2.77. The number of benzene rings is 3. The highest BCUT2D eigenvalue weighted by molar-refractivity contribution is 7.98. The van der Waals surface area contributed by atoms with Crippen LogP contribution in [0.4, 0.5) is 11.4 Å². The average Bonchev–Trinajstić information content (AvgIpc) is 2.78. The van der Waals surface area contributed by atoms with Crippen molar-refractivity contribution in [3.8, 4) is 0 Å². The number of hydrogen-bond donors (Lipinski definition) is 1. The van der Waals surface area contributed by atoms with Crippen LogP contribution in [-0.4, -0.2) is 26.6 Å². The van der Waals surface area contributed by atoms with Crippen molar-refractivity contribution in [1.82, 2.24) is 0 Å². The van der Waals surface area contributed by atoms with Crippen LogP contribution in [0.25, 0.3) is 0 Å². The summed E-state index contributed by atoms with van der Waals surface area (Å²) in [5, 5.41) is 2.94. The number of nitrogens with one attached hydrogen (secondary N) is 1. The summed E-state index contributed by atoms with van der Waals surface area (Å²) >= 11 is 1.76. The van der Waals surface area contributed by atoms with E-state index in [1.54, 1.807) is 23.9 Å². The van der Waals surface area contributed by atoms with Gasteiger partial charge in [0.05, 0.1) is 11.9 Å². The van der Waals surface area contributed by atoms with Crippen LogP contribution >= 0.6 is 11.8 Å². The summed E-state index contributed by atoms with van der Waals surface area (Å²) < 4.78 is 26.4. The minimum absolute atomic E-state index is 0.345. The third-order valence-electron chi connectivity index (χ3n) is 5.32. The van der Waals surface area contributed by atoms with Crippen LogP contribution in [-0.2, 0) is 20.6 Å². The number of rotatable bonds is 9. The van der Waals surface area contributed by atoms with Crippen molar-refractivity contribution in [3.63, 3.8) is 0 Å². The molecule has 174 valence electrons. The van der Waals surface area contributed by atoms with Gasteiger partial charge >= 0.3 is 0 Å². The molecule has 0 saturated carbocycles. The SMILES string of the molecule is CCC(C(=O)Nc1ccc(CSc2ccccc2)cc1C)N(c1ccc(C)cc1)S(C)(=O)=O. The fourth-order valence-corrected chi connectivity index (χ4v) is 5.68. The summed E-state index contributed by atoms with van der Waals surface area (Å²) in [6.45, 7) is 5.69. The fourth-order valence-electron chi connectivity index (χ4n) is 3.61. The van der Waals surface area contributed by atoms with Crippen molar-refractivity contribution in [2.75, 3.05) is 15.9 Å². The fraction of sp³-hybridized carbons (Fsp3) is 0.269. The van der Waals surface area contributed by atoms with Crippen LogP contribution < -0.4 is 9.62 Å². The minimum Gasteiger partial charge on any atom is -0.324 e. The highest BCUT2D eigenvalue weighted by Crippen LogP contribution is 2.27. The molecule has 3 rings (SSSR count). The van der Waals surface area contributed by atoms with Crippen molar-refractivity contribution in [1.29, 1.82) is 0 Å². The van der Waals surface area contributed by atoms with Gasteiger partial charge in [-0.1, -0.05) is 55.0 Å². The summed E-state index contributed by atoms with van der Waals surface area (Å²) in [5.41, 5.74) is 4.28. The van der Waals surface area contributed by atoms with Crippen molar-refractivity contribution >= 4 is 39.1 Å². The molecule has 1 N–H and O–H groups in total. The van der Waals surface area contributed by atoms with E-state index in [-0.39, 0.29) is 5.91 Å². The number of amides is 1. The number of carbonyl (C=O) groups excluding carboxylic acids is 1. The van der Waals surface area contributed by atoms with Crippen molar-refractivity contribution in [2.45, 2.75) is 43.9 Å². The topological polar surface area (TPSA) is 66.5 Å². The molecule has 0 spiro atoms. The van der Waals surface area contributed by atoms with Gasteiger partial charge in [0, 0.05) is 16.3 Å². The van der Waals surface area contributed by atoms with E-state index in [4.69, 9.17) is 0 Å². The number of sulfonamides is 1. The molecule has 3 aromatic rings. The molecule has 0 radical (unpaired) electrons. The normalized spacial score (nSPS) is 12.2. The maximum absolute atomic E-state index is 13.2. The van der Waals surface area contributed by atoms with Crippen LogP contribution in [0, 0.1) is 13.8 Å². The van der Waals surface area contributed by atoms with E-state index in [2.05, 4.69) is 23.5 Å². The van der Waals surface area contributed by atoms with Gasteiger partial charge in [-0.25, -0.2) is 8.42 Å². The molecule has 0 aromatic heterocycles. The molecule has 1 amide bonds. The molecule has 0 heterocycles. The van der Waals surface area contributed by atoms with E-state index in [1.807, 2.05) is 63.2 Å². The molecule has 0 bridgehead atoms. The summed E-state index contributed by atoms with van der Waals surface area (Å²) in [6.07, 6.45) is 1.48. The monoisotopic (exact) mass is 482 g/mol. The van der Waals surface area contributed by atoms with Gasteiger partial charge in [-0.15, -0.1) is 11.8 Å². The molecule has 7 heteroatoms. The number of hydrogen-bond acceptors (Lipinski definition) is 4. The van der Waals surface area contributed by atoms with Gasteiger partial charge in [-0.3, -0.25) is 9.10 Å². The van der Waals surface area contributed by atoms with Crippen LogP contribution in [0.1, 0.15) is 30.0 Å². The zero-order valence-corrected chi connectivity index (χ0v) is 21.0. The molecular weight excluding hydrogens is 452 g/mol. The Kier molecular flexibility index (Phi) is 8.21. The van der Waals surface area contributed by atoms with Crippen LogP contribution in [0.2, 0.25) is 0 Å². The van der Waals surface area contributed by atoms with Crippen LogP contribution in [0.15, 0.2) is 77.7 Å². The predicted octanol–water partition coefficient (Wildman–Crippen LogP) is 5.78. The van der Waals surface area contributed by atoms with Crippen molar-refractivity contribution in [2.24, 2.45) is 0 Å². The van der Waals surface area contributed by atoms with Gasteiger partial charge in [0.2, 0.25) is 15.9 Å². The predicted molar refractivity (Wildman–Crippen MR) is 138 cm³/mol. The van der Waals surface area contributed by atoms with E-state index in [1.165, 1.54) is 9.20 Å². The molecule has 1 unspecified atom stereocenters. The molecule has 0 aliphatic carbocycles. The zero-order valence-electron chi connectivity index (χ0n) is 19.4. The van der Waals surface area contributed by atoms with Gasteiger partial charge in [0.25, 0.3) is 0 Å². The standard InChI is InChI=1S/C26H30N2O3S2/c1-5-25(28(33(4,30)31)22-14-11-19(2)12-15-22)26(29)27-24-16-13-21(17-20(24)3)18-32-23-9-7-6-8-10-23/h6-17,25H,5,18H2,1-4H3,(H,27,29). The quantitative estimate of drug-likeness (QED) is 0.393. The number of thioether (sulfide) groups is 1. The van der Waals surface area contributed by atoms with E-state index < -0.39 is 16.1 Å². The molecular formula is C26H30N2O3S2. The van der Waals surface area contributed by atoms with Gasteiger partial charge in [0.1, 0.15) is 6.04 Å². The Morgan fingerprint density at radius 2 is 1.67 bits per heavy atom. The summed E-state index contributed by atoms with van der Waals surface area (Å²) in [6, 6.07) is 22.4. The van der Waals surface area contributed by atoms with Crippen molar-refractivity contribution < 1.29 is 13.2 Å². The summed E-state index contributed by atoms with van der Waals surface area (Å²) in [7, 11) is -3.66. The molecule has 0 aliphatic rings. The summed E-state index contributed by atoms with van der Waals surface area (Å²) in [5.74, 6) is 0.476. The number of carbonyl (C=O) groups is 1. The first-order chi connectivity index (χ1) is 15.7. The lowest BCUT2D eigenvalue weighted by molar-refractivity contribution is -0.117. The molecule has 5 nitrogen and oxygen atoms in total. The number of anilines is 2. The third kappa shape index (κ3) is 6.62. The maximum Gasteiger partial charge on any atom is 0.248 e. The smallest absolute Gasteiger partial charge is 0.248 e. The number of aryl methyl sites for hydroxylation is 2. The second-order valence-electron chi connectivity index (χ2n) is 8.06. The summed E-state index contributed by atoms with van der Waals surface area (Å²) in [4.78, 5) is 14.4. The maximum atomic E-state index is 13.2. The molecule has 0 aliphatic heterocycles. The van der Waals surface area contributed by atoms with Crippen LogP contribution in [0.3, 0.4) is 0 Å². The molecule has 1 atom stereocenters. The minimum atomic E-state index is -3.66. The molecule has 33 heavy (non-hydrogen) atoms. The average molecular weight is 483 g/mol. The first-order valence-electron chi connectivity index (χ1n) is 10.8. The van der Waals surface area contributed by atoms with Crippen molar-refractivity contribution in [3.05, 3.63) is 89.5 Å². The first-order valence-corrected chi connectivity index (χ1v) is 13.7. The van der Waals surface area contributed by atoms with E-state index in [0.717, 1.165) is 28.7 Å². The highest BCUT2D eigenvalue weighted by Gasteiger charge is 2.31. The zero-order chi connectivity index (χ0) is 24.0.